The zero-order chi connectivity index (χ0) is 15.2. The van der Waals surface area contributed by atoms with Gasteiger partial charge in [-0.1, -0.05) is 18.6 Å². The van der Waals surface area contributed by atoms with Gasteiger partial charge >= 0.3 is 0 Å². The first-order valence-electron chi connectivity index (χ1n) is 7.45. The van der Waals surface area contributed by atoms with Crippen molar-refractivity contribution >= 4 is 17.7 Å². The summed E-state index contributed by atoms with van der Waals surface area (Å²) in [6.45, 7) is 0. The standard InChI is InChI=1S/C16H24N2O2S/c1-21-14-4-2-3-12(10-14)18-16(20)15(17)9-11-5-7-13(19)8-6-11/h5-8,12,14-15,19H,2-4,9-10,17H2,1H3,(H,18,20)/t12?,14?,15-/m0/s1. The summed E-state index contributed by atoms with van der Waals surface area (Å²) in [4.78, 5) is 12.2. The number of nitrogens with one attached hydrogen (secondary N) is 1. The number of rotatable bonds is 5. The molecule has 1 aromatic carbocycles. The van der Waals surface area contributed by atoms with Crippen molar-refractivity contribution in [3.05, 3.63) is 29.8 Å². The molecule has 0 bridgehead atoms. The molecule has 2 unspecified atom stereocenters. The van der Waals surface area contributed by atoms with Crippen LogP contribution in [0.3, 0.4) is 0 Å². The number of nitrogens with two attached hydrogens (primary N) is 1. The van der Waals surface area contributed by atoms with Crippen LogP contribution in [0.25, 0.3) is 0 Å². The molecule has 1 aromatic rings. The van der Waals surface area contributed by atoms with Crippen molar-refractivity contribution < 1.29 is 9.90 Å². The SMILES string of the molecule is CSC1CCCC(NC(=O)[C@@H](N)Cc2ccc(O)cc2)C1. The third-order valence-electron chi connectivity index (χ3n) is 4.03. The lowest BCUT2D eigenvalue weighted by molar-refractivity contribution is -0.123. The van der Waals surface area contributed by atoms with E-state index in [-0.39, 0.29) is 17.7 Å². The quantitative estimate of drug-likeness (QED) is 0.778. The first-order valence-corrected chi connectivity index (χ1v) is 8.74. The molecule has 21 heavy (non-hydrogen) atoms. The fraction of sp³-hybridized carbons (Fsp3) is 0.562. The number of benzene rings is 1. The minimum Gasteiger partial charge on any atom is -0.508 e. The zero-order valence-electron chi connectivity index (χ0n) is 12.4. The van der Waals surface area contributed by atoms with E-state index in [0.717, 1.165) is 18.4 Å². The van der Waals surface area contributed by atoms with Crippen LogP contribution >= 0.6 is 11.8 Å². The van der Waals surface area contributed by atoms with Gasteiger partial charge in [0.05, 0.1) is 6.04 Å². The lowest BCUT2D eigenvalue weighted by Gasteiger charge is -2.29. The molecule has 4 N–H and O–H groups in total. The highest BCUT2D eigenvalue weighted by Gasteiger charge is 2.24. The van der Waals surface area contributed by atoms with E-state index in [9.17, 15) is 9.90 Å². The van der Waals surface area contributed by atoms with Gasteiger partial charge < -0.3 is 16.2 Å². The Balaban J connectivity index is 1.83. The lowest BCUT2D eigenvalue weighted by Crippen LogP contribution is -2.48. The Morgan fingerprint density at radius 1 is 1.43 bits per heavy atom. The second-order valence-corrected chi connectivity index (χ2v) is 6.84. The number of phenolic OH excluding ortho intramolecular Hbond substituents is 1. The minimum absolute atomic E-state index is 0.0742. The van der Waals surface area contributed by atoms with E-state index in [1.807, 2.05) is 11.8 Å². The first-order chi connectivity index (χ1) is 10.1. The maximum absolute atomic E-state index is 12.2. The molecule has 3 atom stereocenters. The molecular formula is C16H24N2O2S. The van der Waals surface area contributed by atoms with E-state index in [1.165, 1.54) is 12.8 Å². The number of carbonyl (C=O) groups is 1. The third-order valence-corrected chi connectivity index (χ3v) is 5.13. The maximum atomic E-state index is 12.2. The van der Waals surface area contributed by atoms with Crippen molar-refractivity contribution in [1.29, 1.82) is 0 Å². The van der Waals surface area contributed by atoms with Crippen molar-refractivity contribution in [3.63, 3.8) is 0 Å². The molecule has 1 fully saturated rings. The summed E-state index contributed by atoms with van der Waals surface area (Å²) in [6.07, 6.45) is 7.13. The smallest absolute Gasteiger partial charge is 0.237 e. The summed E-state index contributed by atoms with van der Waals surface area (Å²) < 4.78 is 0. The maximum Gasteiger partial charge on any atom is 0.237 e. The van der Waals surface area contributed by atoms with Gasteiger partial charge in [-0.25, -0.2) is 0 Å². The molecule has 1 amide bonds. The Hall–Kier alpha value is -1.20. The number of thioether (sulfide) groups is 1. The number of amides is 1. The Bertz CT molecular complexity index is 464. The van der Waals surface area contributed by atoms with Gasteiger partial charge in [0.15, 0.2) is 0 Å². The van der Waals surface area contributed by atoms with Crippen LogP contribution in [-0.4, -0.2) is 34.6 Å². The van der Waals surface area contributed by atoms with Gasteiger partial charge in [0, 0.05) is 11.3 Å². The van der Waals surface area contributed by atoms with Crippen molar-refractivity contribution in [2.24, 2.45) is 5.73 Å². The normalized spacial score (nSPS) is 23.5. The van der Waals surface area contributed by atoms with E-state index in [0.29, 0.717) is 11.7 Å². The Labute approximate surface area is 130 Å². The third kappa shape index (κ3) is 4.93. The molecule has 0 heterocycles. The summed E-state index contributed by atoms with van der Waals surface area (Å²) in [5, 5.41) is 13.0. The van der Waals surface area contributed by atoms with Gasteiger partial charge in [-0.2, -0.15) is 11.8 Å². The minimum atomic E-state index is -0.538. The Morgan fingerprint density at radius 2 is 2.14 bits per heavy atom. The highest BCUT2D eigenvalue weighted by Crippen LogP contribution is 2.26. The monoisotopic (exact) mass is 308 g/mol. The van der Waals surface area contributed by atoms with Crippen molar-refractivity contribution in [1.82, 2.24) is 5.32 Å². The Kier molecular flexibility index (Phi) is 5.94. The van der Waals surface area contributed by atoms with Crippen molar-refractivity contribution in [2.75, 3.05) is 6.26 Å². The molecule has 2 rings (SSSR count). The molecule has 1 aliphatic carbocycles. The number of phenols is 1. The lowest BCUT2D eigenvalue weighted by atomic mass is 9.94. The van der Waals surface area contributed by atoms with Crippen LogP contribution in [-0.2, 0) is 11.2 Å². The van der Waals surface area contributed by atoms with Crippen LogP contribution in [0, 0.1) is 0 Å². The van der Waals surface area contributed by atoms with Gasteiger partial charge in [-0.05, 0) is 49.6 Å². The van der Waals surface area contributed by atoms with Crippen LogP contribution in [0.5, 0.6) is 5.75 Å². The van der Waals surface area contributed by atoms with E-state index in [2.05, 4.69) is 11.6 Å². The highest BCUT2D eigenvalue weighted by atomic mass is 32.2. The number of hydrogen-bond donors (Lipinski definition) is 3. The molecule has 1 saturated carbocycles. The highest BCUT2D eigenvalue weighted by molar-refractivity contribution is 7.99. The largest absolute Gasteiger partial charge is 0.508 e. The summed E-state index contributed by atoms with van der Waals surface area (Å²) in [6, 6.07) is 6.55. The van der Waals surface area contributed by atoms with Crippen LogP contribution in [0.2, 0.25) is 0 Å². The van der Waals surface area contributed by atoms with Crippen molar-refractivity contribution in [2.45, 2.75) is 49.4 Å². The molecule has 0 saturated heterocycles. The van der Waals surface area contributed by atoms with Crippen LogP contribution < -0.4 is 11.1 Å². The van der Waals surface area contributed by atoms with E-state index >= 15 is 0 Å². The predicted molar refractivity (Wildman–Crippen MR) is 87.5 cm³/mol. The van der Waals surface area contributed by atoms with Gasteiger partial charge in [0.1, 0.15) is 5.75 Å². The second kappa shape index (κ2) is 7.71. The molecule has 0 aromatic heterocycles. The fourth-order valence-corrected chi connectivity index (χ4v) is 3.60. The van der Waals surface area contributed by atoms with Crippen LogP contribution in [0.15, 0.2) is 24.3 Å². The van der Waals surface area contributed by atoms with Gasteiger partial charge in [0.25, 0.3) is 0 Å². The first kappa shape index (κ1) is 16.2. The average molecular weight is 308 g/mol. The Morgan fingerprint density at radius 3 is 2.81 bits per heavy atom. The summed E-state index contributed by atoms with van der Waals surface area (Å²) in [7, 11) is 0. The molecule has 0 aliphatic heterocycles. The molecule has 0 radical (unpaired) electrons. The predicted octanol–water partition coefficient (Wildman–Crippen LogP) is 2.05. The number of aromatic hydroxyl groups is 1. The van der Waals surface area contributed by atoms with Gasteiger partial charge in [-0.3, -0.25) is 4.79 Å². The van der Waals surface area contributed by atoms with Crippen LogP contribution in [0.1, 0.15) is 31.2 Å². The molecule has 0 spiro atoms. The molecular weight excluding hydrogens is 284 g/mol. The second-order valence-electron chi connectivity index (χ2n) is 5.71. The summed E-state index contributed by atoms with van der Waals surface area (Å²) in [5.74, 6) is 0.150. The van der Waals surface area contributed by atoms with E-state index < -0.39 is 6.04 Å². The molecule has 1 aliphatic rings. The number of hydrogen-bond acceptors (Lipinski definition) is 4. The molecule has 4 nitrogen and oxygen atoms in total. The van der Waals surface area contributed by atoms with Crippen molar-refractivity contribution in [3.8, 4) is 5.75 Å². The topological polar surface area (TPSA) is 75.4 Å². The van der Waals surface area contributed by atoms with E-state index in [4.69, 9.17) is 5.73 Å². The van der Waals surface area contributed by atoms with Gasteiger partial charge in [0.2, 0.25) is 5.91 Å². The average Bonchev–Trinajstić information content (AvgIpc) is 2.49. The van der Waals surface area contributed by atoms with Gasteiger partial charge in [-0.15, -0.1) is 0 Å². The van der Waals surface area contributed by atoms with E-state index in [1.54, 1.807) is 24.3 Å². The van der Waals surface area contributed by atoms with Crippen LogP contribution in [0.4, 0.5) is 0 Å². The summed E-state index contributed by atoms with van der Waals surface area (Å²) >= 11 is 1.88. The molecule has 5 heteroatoms. The fourth-order valence-electron chi connectivity index (χ4n) is 2.78. The summed E-state index contributed by atoms with van der Waals surface area (Å²) in [5.41, 5.74) is 6.95. The molecule has 116 valence electrons. The number of carbonyl (C=O) groups excluding carboxylic acids is 1. The zero-order valence-corrected chi connectivity index (χ0v) is 13.2.